The number of hydrogen-bond acceptors (Lipinski definition) is 3. The first-order valence-electron chi connectivity index (χ1n) is 16.0. The van der Waals surface area contributed by atoms with Gasteiger partial charge in [0.15, 0.2) is 5.78 Å². The quantitative estimate of drug-likeness (QED) is 0.139. The molecule has 4 aromatic carbocycles. The smallest absolute Gasteiger partial charge is 0.361 e. The number of Topliss-reactive ketones (excluding diaryl/α,β-unsaturated/α-hetero) is 1. The number of benzene rings is 4. The molecule has 234 valence electrons. The Balaban J connectivity index is 1.34. The Hall–Kier alpha value is -6.00. The molecule has 5 aromatic rings. The first-order valence-corrected chi connectivity index (χ1v) is 16.0. The molecule has 0 amide bonds. The Morgan fingerprint density at radius 2 is 1.06 bits per heavy atom. The highest BCUT2D eigenvalue weighted by molar-refractivity contribution is 6.25. The number of aryl methyl sites for hydroxylation is 2. The van der Waals surface area contributed by atoms with Gasteiger partial charge in [0.1, 0.15) is 11.5 Å². The van der Waals surface area contributed by atoms with Crippen LogP contribution in [-0.2, 0) is 9.53 Å². The Morgan fingerprint density at radius 3 is 1.58 bits per heavy atom. The molecule has 7 rings (SSSR count). The van der Waals surface area contributed by atoms with Gasteiger partial charge < -0.3 is 9.84 Å². The van der Waals surface area contributed by atoms with Crippen molar-refractivity contribution in [1.29, 1.82) is 0 Å². The fourth-order valence-corrected chi connectivity index (χ4v) is 6.01. The minimum Gasteiger partial charge on any atom is -0.871 e. The van der Waals surface area contributed by atoms with Crippen LogP contribution in [0.3, 0.4) is 0 Å². The van der Waals surface area contributed by atoms with Crippen LogP contribution < -0.4 is 5.11 Å². The standard InChI is InChI=1S/C44H34O4/c1-27-15-19-33(20-16-27)39-25-35(23-37(47-39)31-11-7-5-8-12-31)29(3)41-43(45)42(44(41)46)30(4)36-24-38(32-13-9-6-10-14-32)48-40(26-36)34-21-17-28(2)18-22-34/h5-26H,1-4H3. The average molecular weight is 627 g/mol. The van der Waals surface area contributed by atoms with Crippen LogP contribution in [-0.4, -0.2) is 5.78 Å². The third-order valence-corrected chi connectivity index (χ3v) is 8.90. The van der Waals surface area contributed by atoms with Gasteiger partial charge in [-0.1, -0.05) is 102 Å². The van der Waals surface area contributed by atoms with Crippen molar-refractivity contribution in [3.63, 3.8) is 0 Å². The second kappa shape index (κ2) is 12.7. The number of ether oxygens (including phenoxy) is 1. The third kappa shape index (κ3) is 5.85. The van der Waals surface area contributed by atoms with Crippen molar-refractivity contribution >= 4 is 22.9 Å². The molecule has 1 aliphatic carbocycles. The maximum Gasteiger partial charge on any atom is 0.361 e. The van der Waals surface area contributed by atoms with E-state index in [-0.39, 0.29) is 22.7 Å². The normalized spacial score (nSPS) is 16.5. The Morgan fingerprint density at radius 1 is 0.604 bits per heavy atom. The Kier molecular flexibility index (Phi) is 8.08. The summed E-state index contributed by atoms with van der Waals surface area (Å²) in [5.41, 5.74) is 9.08. The number of rotatable bonds is 6. The first-order chi connectivity index (χ1) is 23.3. The molecule has 0 saturated carbocycles. The fraction of sp³-hybridized carbons (Fsp3) is 0.0909. The molecule has 1 aromatic heterocycles. The van der Waals surface area contributed by atoms with E-state index in [0.29, 0.717) is 34.2 Å². The van der Waals surface area contributed by atoms with Gasteiger partial charge in [-0.25, -0.2) is 4.42 Å². The van der Waals surface area contributed by atoms with Crippen LogP contribution in [0.1, 0.15) is 41.7 Å². The third-order valence-electron chi connectivity index (χ3n) is 8.90. The lowest BCUT2D eigenvalue weighted by atomic mass is 9.78. The number of allylic oxidation sites excluding steroid dienone is 7. The van der Waals surface area contributed by atoms with Crippen LogP contribution in [0, 0.1) is 13.8 Å². The lowest BCUT2D eigenvalue weighted by Gasteiger charge is -2.33. The summed E-state index contributed by atoms with van der Waals surface area (Å²) in [6.45, 7) is 7.76. The van der Waals surface area contributed by atoms with E-state index in [0.717, 1.165) is 44.5 Å². The fourth-order valence-electron chi connectivity index (χ4n) is 6.01. The van der Waals surface area contributed by atoms with Crippen LogP contribution in [0.2, 0.25) is 0 Å². The van der Waals surface area contributed by atoms with Crippen LogP contribution in [0.25, 0.3) is 39.7 Å². The molecule has 1 aliphatic heterocycles. The number of carbonyl (C=O) groups excluding carboxylic acids is 1. The van der Waals surface area contributed by atoms with E-state index in [1.807, 2.05) is 161 Å². The van der Waals surface area contributed by atoms with Crippen molar-refractivity contribution in [3.05, 3.63) is 189 Å². The van der Waals surface area contributed by atoms with E-state index >= 15 is 0 Å². The lowest BCUT2D eigenvalue weighted by molar-refractivity contribution is -0.300. The van der Waals surface area contributed by atoms with Crippen molar-refractivity contribution in [2.45, 2.75) is 27.7 Å². The van der Waals surface area contributed by atoms with E-state index in [1.165, 1.54) is 0 Å². The maximum atomic E-state index is 13.9. The number of carbonyl (C=O) groups is 1. The molecule has 2 aliphatic rings. The van der Waals surface area contributed by atoms with Crippen LogP contribution in [0.4, 0.5) is 0 Å². The molecule has 4 heteroatoms. The highest BCUT2D eigenvalue weighted by atomic mass is 16.5. The zero-order valence-electron chi connectivity index (χ0n) is 27.3. The van der Waals surface area contributed by atoms with Gasteiger partial charge in [0.2, 0.25) is 0 Å². The van der Waals surface area contributed by atoms with Crippen LogP contribution in [0.5, 0.6) is 0 Å². The minimum atomic E-state index is -0.257. The van der Waals surface area contributed by atoms with E-state index in [4.69, 9.17) is 9.15 Å². The van der Waals surface area contributed by atoms with Gasteiger partial charge in [0.05, 0.1) is 23.3 Å². The molecule has 0 spiro atoms. The summed E-state index contributed by atoms with van der Waals surface area (Å²) in [4.78, 5) is 13.9. The van der Waals surface area contributed by atoms with Gasteiger partial charge in [0, 0.05) is 22.3 Å². The Labute approximate surface area is 281 Å². The molecule has 0 unspecified atom stereocenters. The van der Waals surface area contributed by atoms with Gasteiger partial charge >= 0.3 is 11.5 Å². The number of ketones is 1. The summed E-state index contributed by atoms with van der Waals surface area (Å²) < 4.78 is 12.7. The van der Waals surface area contributed by atoms with Crippen molar-refractivity contribution in [1.82, 2.24) is 0 Å². The molecule has 48 heavy (non-hydrogen) atoms. The monoisotopic (exact) mass is 626 g/mol. The second-order valence-electron chi connectivity index (χ2n) is 12.3. The van der Waals surface area contributed by atoms with Gasteiger partial charge in [-0.3, -0.25) is 4.79 Å². The van der Waals surface area contributed by atoms with Gasteiger partial charge in [0.25, 0.3) is 0 Å². The molecule has 2 heterocycles. The number of hydrogen-bond donors (Lipinski definition) is 0. The molecule has 0 atom stereocenters. The average Bonchev–Trinajstić information content (AvgIpc) is 3.12. The predicted molar refractivity (Wildman–Crippen MR) is 191 cm³/mol. The summed E-state index contributed by atoms with van der Waals surface area (Å²) in [6.07, 6.45) is 3.82. The van der Waals surface area contributed by atoms with Crippen LogP contribution in [0.15, 0.2) is 166 Å². The zero-order chi connectivity index (χ0) is 33.4. The van der Waals surface area contributed by atoms with E-state index in [9.17, 15) is 9.90 Å². The summed E-state index contributed by atoms with van der Waals surface area (Å²) in [5, 5.41) is 13.9. The maximum absolute atomic E-state index is 13.9. The van der Waals surface area contributed by atoms with E-state index in [2.05, 4.69) is 0 Å². The minimum absolute atomic E-state index is 0.201. The van der Waals surface area contributed by atoms with E-state index in [1.54, 1.807) is 0 Å². The van der Waals surface area contributed by atoms with Crippen molar-refractivity contribution < 1.29 is 19.1 Å². The first kappa shape index (κ1) is 30.6. The highest BCUT2D eigenvalue weighted by Gasteiger charge is 2.33. The lowest BCUT2D eigenvalue weighted by Crippen LogP contribution is -2.31. The molecule has 0 N–H and O–H groups in total. The summed E-state index contributed by atoms with van der Waals surface area (Å²) >= 11 is 0. The molecule has 4 nitrogen and oxygen atoms in total. The van der Waals surface area contributed by atoms with Crippen molar-refractivity contribution in [2.75, 3.05) is 0 Å². The summed E-state index contributed by atoms with van der Waals surface area (Å²) in [7, 11) is 0. The van der Waals surface area contributed by atoms with Gasteiger partial charge in [-0.2, -0.15) is 0 Å². The summed E-state index contributed by atoms with van der Waals surface area (Å²) in [5.74, 6) is 2.10. The topological polar surface area (TPSA) is 60.7 Å². The molecule has 0 bridgehead atoms. The van der Waals surface area contributed by atoms with Crippen molar-refractivity contribution in [2.24, 2.45) is 0 Å². The molecular formula is C44H34O4. The largest absolute Gasteiger partial charge is 0.871 e. The zero-order valence-corrected chi connectivity index (χ0v) is 27.3. The SMILES string of the molecule is CC(=C1C=C(c2ccccc2)OC(c2ccc(C)cc2)=C1)C1=C([O-])C(=C(C)c2cc(-c3ccccc3)[o+]c(-c3ccc(C)cc3)c2)C1=O. The Bertz CT molecular complexity index is 2210. The molecule has 0 radical (unpaired) electrons. The second-order valence-corrected chi connectivity index (χ2v) is 12.3. The molecule has 0 saturated heterocycles. The molecular weight excluding hydrogens is 592 g/mol. The van der Waals surface area contributed by atoms with Gasteiger partial charge in [-0.05, 0) is 86.4 Å². The van der Waals surface area contributed by atoms with Crippen LogP contribution >= 0.6 is 0 Å². The predicted octanol–water partition coefficient (Wildman–Crippen LogP) is 9.91. The molecule has 0 fully saturated rings. The van der Waals surface area contributed by atoms with Crippen molar-refractivity contribution in [3.8, 4) is 22.6 Å². The van der Waals surface area contributed by atoms with Gasteiger partial charge in [-0.15, -0.1) is 0 Å². The van der Waals surface area contributed by atoms with E-state index < -0.39 is 0 Å². The summed E-state index contributed by atoms with van der Waals surface area (Å²) in [6, 6.07) is 39.7. The highest BCUT2D eigenvalue weighted by Crippen LogP contribution is 2.42.